The number of rotatable bonds is 4. The van der Waals surface area contributed by atoms with Gasteiger partial charge in [-0.25, -0.2) is 8.42 Å². The van der Waals surface area contributed by atoms with Crippen molar-refractivity contribution >= 4 is 25.8 Å². The molecule has 0 N–H and O–H groups in total. The normalized spacial score (nSPS) is 22.7. The minimum atomic E-state index is -4.72. The molecule has 0 saturated heterocycles. The van der Waals surface area contributed by atoms with E-state index < -0.39 is 31.7 Å². The molecule has 0 unspecified atom stereocenters. The van der Waals surface area contributed by atoms with Crippen molar-refractivity contribution in [1.82, 2.24) is 0 Å². The van der Waals surface area contributed by atoms with Gasteiger partial charge >= 0.3 is 6.18 Å². The van der Waals surface area contributed by atoms with Crippen molar-refractivity contribution in [3.8, 4) is 0 Å². The molecule has 3 nitrogen and oxygen atoms in total. The molecule has 1 fully saturated rings. The van der Waals surface area contributed by atoms with Crippen LogP contribution < -0.4 is 0 Å². The minimum absolute atomic E-state index is 0.0418. The predicted molar refractivity (Wildman–Crippen MR) is 84.0 cm³/mol. The molecule has 0 spiro atoms. The summed E-state index contributed by atoms with van der Waals surface area (Å²) in [6, 6.07) is 3.15. The maximum absolute atomic E-state index is 13.2. The van der Waals surface area contributed by atoms with Crippen LogP contribution in [0.4, 0.5) is 13.2 Å². The number of hydrogen-bond acceptors (Lipinski definition) is 3. The summed E-state index contributed by atoms with van der Waals surface area (Å²) in [4.78, 5) is -0.650. The lowest BCUT2D eigenvalue weighted by Gasteiger charge is -2.18. The summed E-state index contributed by atoms with van der Waals surface area (Å²) in [6.45, 7) is 3.69. The monoisotopic (exact) mass is 414 g/mol. The van der Waals surface area contributed by atoms with Crippen LogP contribution in [0.15, 0.2) is 27.6 Å². The molecule has 1 aliphatic carbocycles. The first-order valence-corrected chi connectivity index (χ1v) is 9.62. The Morgan fingerprint density at radius 1 is 1.26 bits per heavy atom. The molecule has 0 aliphatic heterocycles. The summed E-state index contributed by atoms with van der Waals surface area (Å²) >= 11 is 2.96. The standard InChI is InChI=1S/C15H18BrF3O3S/c1-9(2)22-11-4-5-12(8-11)23(20,21)14-6-3-10(16)7-13(14)15(17,18)19/h3,6-7,9,11-12H,4-5,8H2,1-2H3/t11-,12-/m1/s1. The van der Waals surface area contributed by atoms with E-state index in [1.54, 1.807) is 0 Å². The average molecular weight is 415 g/mol. The third kappa shape index (κ3) is 4.28. The van der Waals surface area contributed by atoms with E-state index in [9.17, 15) is 21.6 Å². The molecule has 0 bridgehead atoms. The third-order valence-corrected chi connectivity index (χ3v) is 6.56. The van der Waals surface area contributed by atoms with Crippen LogP contribution in [-0.2, 0) is 20.8 Å². The van der Waals surface area contributed by atoms with Crippen molar-refractivity contribution < 1.29 is 26.3 Å². The van der Waals surface area contributed by atoms with Crippen LogP contribution in [0, 0.1) is 0 Å². The second-order valence-corrected chi connectivity index (χ2v) is 9.04. The van der Waals surface area contributed by atoms with Gasteiger partial charge in [-0.3, -0.25) is 0 Å². The van der Waals surface area contributed by atoms with E-state index in [0.717, 1.165) is 12.1 Å². The second kappa shape index (κ2) is 6.72. The number of sulfone groups is 1. The zero-order valence-electron chi connectivity index (χ0n) is 12.7. The Morgan fingerprint density at radius 3 is 2.48 bits per heavy atom. The van der Waals surface area contributed by atoms with Crippen LogP contribution in [0.1, 0.15) is 38.7 Å². The van der Waals surface area contributed by atoms with E-state index in [2.05, 4.69) is 15.9 Å². The maximum Gasteiger partial charge on any atom is 0.417 e. The van der Waals surface area contributed by atoms with Gasteiger partial charge in [0, 0.05) is 4.47 Å². The van der Waals surface area contributed by atoms with Crippen molar-refractivity contribution in [2.24, 2.45) is 0 Å². The van der Waals surface area contributed by atoms with Gasteiger partial charge in [-0.1, -0.05) is 15.9 Å². The van der Waals surface area contributed by atoms with Gasteiger partial charge in [-0.05, 0) is 51.3 Å². The highest BCUT2D eigenvalue weighted by Crippen LogP contribution is 2.40. The summed E-state index contributed by atoms with van der Waals surface area (Å²) in [6.07, 6.45) is -3.90. The van der Waals surface area contributed by atoms with Crippen molar-refractivity contribution in [3.05, 3.63) is 28.2 Å². The highest BCUT2D eigenvalue weighted by atomic mass is 79.9. The topological polar surface area (TPSA) is 43.4 Å². The lowest BCUT2D eigenvalue weighted by Crippen LogP contribution is -2.24. The summed E-state index contributed by atoms with van der Waals surface area (Å²) < 4.78 is 70.7. The van der Waals surface area contributed by atoms with Gasteiger partial charge in [-0.2, -0.15) is 13.2 Å². The maximum atomic E-state index is 13.2. The van der Waals surface area contributed by atoms with Crippen LogP contribution in [0.3, 0.4) is 0 Å². The zero-order chi connectivity index (χ0) is 17.4. The smallest absolute Gasteiger partial charge is 0.376 e. The van der Waals surface area contributed by atoms with Gasteiger partial charge in [0.1, 0.15) is 0 Å². The number of hydrogen-bond donors (Lipinski definition) is 0. The third-order valence-electron chi connectivity index (χ3n) is 3.79. The first-order valence-electron chi connectivity index (χ1n) is 7.28. The average Bonchev–Trinajstić information content (AvgIpc) is 2.85. The lowest BCUT2D eigenvalue weighted by molar-refractivity contribution is -0.139. The van der Waals surface area contributed by atoms with Crippen molar-refractivity contribution in [3.63, 3.8) is 0 Å². The van der Waals surface area contributed by atoms with Crippen LogP contribution >= 0.6 is 15.9 Å². The van der Waals surface area contributed by atoms with Crippen LogP contribution in [0.5, 0.6) is 0 Å². The highest BCUT2D eigenvalue weighted by Gasteiger charge is 2.42. The Kier molecular flexibility index (Phi) is 5.48. The fraction of sp³-hybridized carbons (Fsp3) is 0.600. The van der Waals surface area contributed by atoms with E-state index in [1.165, 1.54) is 6.07 Å². The van der Waals surface area contributed by atoms with Gasteiger partial charge in [0.15, 0.2) is 9.84 Å². The SMILES string of the molecule is CC(C)O[C@@H]1CC[C@@H](S(=O)(=O)c2ccc(Br)cc2C(F)(F)F)C1. The fourth-order valence-electron chi connectivity index (χ4n) is 2.84. The molecule has 130 valence electrons. The molecule has 2 rings (SSSR count). The Balaban J connectivity index is 2.35. The van der Waals surface area contributed by atoms with E-state index >= 15 is 0 Å². The molecule has 1 saturated carbocycles. The first-order chi connectivity index (χ1) is 10.5. The Hall–Kier alpha value is -0.600. The number of ether oxygens (including phenoxy) is 1. The van der Waals surface area contributed by atoms with Crippen LogP contribution in [0.2, 0.25) is 0 Å². The van der Waals surface area contributed by atoms with Gasteiger partial charge in [0.25, 0.3) is 0 Å². The van der Waals surface area contributed by atoms with Crippen LogP contribution in [0.25, 0.3) is 0 Å². The van der Waals surface area contributed by atoms with E-state index in [1.807, 2.05) is 13.8 Å². The molecule has 0 amide bonds. The van der Waals surface area contributed by atoms with E-state index in [4.69, 9.17) is 4.74 Å². The quantitative estimate of drug-likeness (QED) is 0.723. The number of benzene rings is 1. The van der Waals surface area contributed by atoms with Gasteiger partial charge in [0.2, 0.25) is 0 Å². The van der Waals surface area contributed by atoms with E-state index in [-0.39, 0.29) is 23.1 Å². The van der Waals surface area contributed by atoms with Gasteiger partial charge in [-0.15, -0.1) is 0 Å². The van der Waals surface area contributed by atoms with Crippen molar-refractivity contribution in [2.45, 2.75) is 61.6 Å². The van der Waals surface area contributed by atoms with Crippen molar-refractivity contribution in [1.29, 1.82) is 0 Å². The Labute approximate surface area is 142 Å². The zero-order valence-corrected chi connectivity index (χ0v) is 15.1. The summed E-state index contributed by atoms with van der Waals surface area (Å²) in [7, 11) is -4.06. The van der Waals surface area contributed by atoms with Gasteiger partial charge < -0.3 is 4.74 Å². The van der Waals surface area contributed by atoms with Crippen LogP contribution in [-0.4, -0.2) is 25.9 Å². The Morgan fingerprint density at radius 2 is 1.91 bits per heavy atom. The molecular formula is C15H18BrF3O3S. The predicted octanol–water partition coefficient (Wildman–Crippen LogP) is 4.59. The molecule has 23 heavy (non-hydrogen) atoms. The Bertz CT molecular complexity index is 671. The summed E-state index contributed by atoms with van der Waals surface area (Å²) in [5, 5.41) is -0.839. The van der Waals surface area contributed by atoms with Crippen molar-refractivity contribution in [2.75, 3.05) is 0 Å². The number of halogens is 4. The molecule has 0 radical (unpaired) electrons. The molecule has 8 heteroatoms. The molecule has 1 aliphatic rings. The highest BCUT2D eigenvalue weighted by molar-refractivity contribution is 9.10. The largest absolute Gasteiger partial charge is 0.417 e. The molecule has 1 aromatic rings. The van der Waals surface area contributed by atoms with E-state index in [0.29, 0.717) is 12.8 Å². The fourth-order valence-corrected chi connectivity index (χ4v) is 5.22. The molecule has 2 atom stereocenters. The molecule has 0 heterocycles. The minimum Gasteiger partial charge on any atom is -0.376 e. The number of alkyl halides is 3. The lowest BCUT2D eigenvalue weighted by atomic mass is 10.2. The molecular weight excluding hydrogens is 397 g/mol. The molecule has 0 aromatic heterocycles. The summed E-state index contributed by atoms with van der Waals surface area (Å²) in [5.41, 5.74) is -1.12. The summed E-state index contributed by atoms with van der Waals surface area (Å²) in [5.74, 6) is 0. The van der Waals surface area contributed by atoms with Gasteiger partial charge in [0.05, 0.1) is 27.9 Å². The first kappa shape index (κ1) is 18.7. The molecule has 1 aromatic carbocycles. The second-order valence-electron chi connectivity index (χ2n) is 5.93.